The van der Waals surface area contributed by atoms with Crippen molar-refractivity contribution in [3.05, 3.63) is 28.8 Å². The lowest BCUT2D eigenvalue weighted by Gasteiger charge is -1.95. The molecule has 0 fully saturated rings. The fraction of sp³-hybridized carbons (Fsp3) is 0.111. The van der Waals surface area contributed by atoms with E-state index in [2.05, 4.69) is 4.99 Å². The zero-order chi connectivity index (χ0) is 11.0. The Morgan fingerprint density at radius 3 is 2.93 bits per heavy atom. The maximum absolute atomic E-state index is 13.4. The summed E-state index contributed by atoms with van der Waals surface area (Å²) in [6.07, 6.45) is 0. The highest BCUT2D eigenvalue weighted by Crippen LogP contribution is 2.18. The Morgan fingerprint density at radius 1 is 1.60 bits per heavy atom. The first-order valence-electron chi connectivity index (χ1n) is 4.20. The smallest absolute Gasteiger partial charge is 0.245 e. The lowest BCUT2D eigenvalue weighted by Crippen LogP contribution is -2.23. The molecular weight excluding hydrogens is 217 g/mol. The average Bonchev–Trinajstić information content (AvgIpc) is 2.44. The second kappa shape index (κ2) is 3.47. The number of amides is 1. The van der Waals surface area contributed by atoms with Crippen LogP contribution in [0.4, 0.5) is 4.39 Å². The van der Waals surface area contributed by atoms with E-state index in [4.69, 9.17) is 5.84 Å². The molecule has 1 aromatic carbocycles. The van der Waals surface area contributed by atoms with Gasteiger partial charge in [-0.15, -0.1) is 0 Å². The van der Waals surface area contributed by atoms with Crippen molar-refractivity contribution < 1.29 is 9.18 Å². The van der Waals surface area contributed by atoms with Gasteiger partial charge in [-0.3, -0.25) is 4.79 Å². The Balaban J connectivity index is 2.87. The van der Waals surface area contributed by atoms with Gasteiger partial charge in [0.05, 0.1) is 4.70 Å². The second-order valence-electron chi connectivity index (χ2n) is 2.97. The Bertz CT molecular complexity index is 599. The van der Waals surface area contributed by atoms with Crippen molar-refractivity contribution in [2.45, 2.75) is 6.92 Å². The number of carbonyl (C=O) groups excluding carboxylic acids is 1. The van der Waals surface area contributed by atoms with Crippen LogP contribution in [0.2, 0.25) is 0 Å². The van der Waals surface area contributed by atoms with E-state index in [0.29, 0.717) is 9.50 Å². The van der Waals surface area contributed by atoms with Crippen LogP contribution in [-0.2, 0) is 4.79 Å². The topological polar surface area (TPSA) is 60.4 Å². The molecule has 0 spiro atoms. The Hall–Kier alpha value is -1.69. The summed E-state index contributed by atoms with van der Waals surface area (Å²) in [5.41, 5.74) is 0.266. The van der Waals surface area contributed by atoms with E-state index >= 15 is 0 Å². The van der Waals surface area contributed by atoms with Gasteiger partial charge in [-0.2, -0.15) is 4.99 Å². The third-order valence-electron chi connectivity index (χ3n) is 1.85. The summed E-state index contributed by atoms with van der Waals surface area (Å²) < 4.78 is 15.1. The first-order valence-corrected chi connectivity index (χ1v) is 5.01. The van der Waals surface area contributed by atoms with Crippen LogP contribution in [0, 0.1) is 5.82 Å². The molecule has 0 atom stereocenters. The lowest BCUT2D eigenvalue weighted by atomic mass is 10.3. The van der Waals surface area contributed by atoms with Crippen LogP contribution < -0.4 is 10.6 Å². The van der Waals surface area contributed by atoms with Crippen LogP contribution in [0.15, 0.2) is 23.2 Å². The molecule has 0 bridgehead atoms. The highest BCUT2D eigenvalue weighted by atomic mass is 32.1. The minimum Gasteiger partial charge on any atom is -0.336 e. The lowest BCUT2D eigenvalue weighted by molar-refractivity contribution is -0.116. The van der Waals surface area contributed by atoms with E-state index in [1.165, 1.54) is 24.3 Å². The van der Waals surface area contributed by atoms with Crippen LogP contribution in [0.5, 0.6) is 0 Å². The zero-order valence-corrected chi connectivity index (χ0v) is 8.71. The van der Waals surface area contributed by atoms with Crippen LogP contribution in [0.25, 0.3) is 10.2 Å². The monoisotopic (exact) mass is 225 g/mol. The minimum atomic E-state index is -0.420. The Morgan fingerprint density at radius 2 is 2.33 bits per heavy atom. The molecule has 15 heavy (non-hydrogen) atoms. The molecule has 0 aliphatic heterocycles. The number of fused-ring (bicyclic) bond motifs is 1. The number of aromatic nitrogens is 1. The number of halogens is 1. The van der Waals surface area contributed by atoms with Gasteiger partial charge in [-0.05, 0) is 12.1 Å². The number of benzene rings is 1. The van der Waals surface area contributed by atoms with Crippen molar-refractivity contribution in [2.75, 3.05) is 5.84 Å². The largest absolute Gasteiger partial charge is 0.336 e. The maximum Gasteiger partial charge on any atom is 0.245 e. The summed E-state index contributed by atoms with van der Waals surface area (Å²) in [7, 11) is 0. The molecule has 78 valence electrons. The summed E-state index contributed by atoms with van der Waals surface area (Å²) in [6.45, 7) is 1.32. The van der Waals surface area contributed by atoms with Crippen LogP contribution in [0.1, 0.15) is 6.92 Å². The summed E-state index contributed by atoms with van der Waals surface area (Å²) in [4.78, 5) is 14.8. The number of para-hydroxylation sites is 1. The molecule has 0 aliphatic rings. The van der Waals surface area contributed by atoms with Gasteiger partial charge in [0, 0.05) is 6.92 Å². The van der Waals surface area contributed by atoms with E-state index in [1.807, 2.05) is 0 Å². The summed E-state index contributed by atoms with van der Waals surface area (Å²) in [5.74, 6) is 4.85. The van der Waals surface area contributed by atoms with Crippen LogP contribution >= 0.6 is 11.3 Å². The molecule has 0 unspecified atom stereocenters. The normalized spacial score (nSPS) is 12.3. The van der Waals surface area contributed by atoms with Gasteiger partial charge in [0.2, 0.25) is 10.7 Å². The number of carbonyl (C=O) groups is 1. The standard InChI is InChI=1S/C9H8FN3OS/c1-5(14)12-9-13(11)8-6(10)3-2-4-7(8)15-9/h2-4H,11H2,1H3. The SMILES string of the molecule is CC(=O)N=c1sc2cccc(F)c2n1N. The fourth-order valence-electron chi connectivity index (χ4n) is 1.27. The summed E-state index contributed by atoms with van der Waals surface area (Å²) >= 11 is 1.18. The zero-order valence-electron chi connectivity index (χ0n) is 7.90. The number of nitrogens with zero attached hydrogens (tertiary/aromatic N) is 2. The molecule has 0 saturated heterocycles. The number of nitrogen functional groups attached to an aromatic ring is 1. The molecule has 1 heterocycles. The minimum absolute atomic E-state index is 0.266. The molecule has 2 rings (SSSR count). The third-order valence-corrected chi connectivity index (χ3v) is 2.87. The van der Waals surface area contributed by atoms with Crippen molar-refractivity contribution in [1.29, 1.82) is 0 Å². The van der Waals surface area contributed by atoms with E-state index in [0.717, 1.165) is 4.68 Å². The quantitative estimate of drug-likeness (QED) is 0.680. The highest BCUT2D eigenvalue weighted by molar-refractivity contribution is 7.16. The summed E-state index contributed by atoms with van der Waals surface area (Å²) in [6, 6.07) is 4.63. The van der Waals surface area contributed by atoms with Gasteiger partial charge in [0.25, 0.3) is 0 Å². The van der Waals surface area contributed by atoms with Gasteiger partial charge in [0.1, 0.15) is 11.3 Å². The maximum atomic E-state index is 13.4. The van der Waals surface area contributed by atoms with Crippen molar-refractivity contribution in [3.8, 4) is 0 Å². The second-order valence-corrected chi connectivity index (χ2v) is 3.98. The van der Waals surface area contributed by atoms with Crippen molar-refractivity contribution in [2.24, 2.45) is 4.99 Å². The van der Waals surface area contributed by atoms with E-state index in [-0.39, 0.29) is 11.4 Å². The van der Waals surface area contributed by atoms with Gasteiger partial charge in [0.15, 0.2) is 0 Å². The van der Waals surface area contributed by atoms with Gasteiger partial charge < -0.3 is 5.84 Å². The number of thiazole rings is 1. The van der Waals surface area contributed by atoms with E-state index in [9.17, 15) is 9.18 Å². The van der Waals surface area contributed by atoms with Gasteiger partial charge in [-0.1, -0.05) is 17.4 Å². The summed E-state index contributed by atoms with van der Waals surface area (Å²) in [5, 5.41) is 0. The van der Waals surface area contributed by atoms with Crippen LogP contribution in [0.3, 0.4) is 0 Å². The average molecular weight is 225 g/mol. The fourth-order valence-corrected chi connectivity index (χ4v) is 2.27. The van der Waals surface area contributed by atoms with E-state index < -0.39 is 5.82 Å². The van der Waals surface area contributed by atoms with Gasteiger partial charge in [-0.25, -0.2) is 9.07 Å². The Labute approximate surface area is 88.4 Å². The van der Waals surface area contributed by atoms with E-state index in [1.54, 1.807) is 12.1 Å². The highest BCUT2D eigenvalue weighted by Gasteiger charge is 2.08. The molecule has 2 N–H and O–H groups in total. The first kappa shape index (κ1) is 9.85. The molecule has 0 radical (unpaired) electrons. The molecule has 0 saturated carbocycles. The molecule has 0 aliphatic carbocycles. The molecule has 6 heteroatoms. The molecule has 4 nitrogen and oxygen atoms in total. The number of hydrogen-bond acceptors (Lipinski definition) is 3. The molecule has 2 aromatic rings. The molecular formula is C9H8FN3OS. The predicted molar refractivity (Wildman–Crippen MR) is 56.2 cm³/mol. The first-order chi connectivity index (χ1) is 7.09. The van der Waals surface area contributed by atoms with Crippen molar-refractivity contribution >= 4 is 27.5 Å². The number of nitrogens with two attached hydrogens (primary N) is 1. The Kier molecular flexibility index (Phi) is 2.28. The van der Waals surface area contributed by atoms with Crippen LogP contribution in [-0.4, -0.2) is 10.6 Å². The predicted octanol–water partition coefficient (Wildman–Crippen LogP) is 1.00. The number of hydrogen-bond donors (Lipinski definition) is 1. The van der Waals surface area contributed by atoms with Crippen molar-refractivity contribution in [1.82, 2.24) is 4.68 Å². The third kappa shape index (κ3) is 1.63. The van der Waals surface area contributed by atoms with Crippen molar-refractivity contribution in [3.63, 3.8) is 0 Å². The molecule has 1 aromatic heterocycles. The van der Waals surface area contributed by atoms with Gasteiger partial charge >= 0.3 is 0 Å². The number of rotatable bonds is 0. The molecule has 1 amide bonds.